The summed E-state index contributed by atoms with van der Waals surface area (Å²) in [5.41, 5.74) is -0.384. The Hall–Kier alpha value is -0.120. The van der Waals surface area contributed by atoms with Crippen LogP contribution in [0, 0.1) is 5.92 Å². The Morgan fingerprint density at radius 1 is 1.18 bits per heavy atom. The maximum absolute atomic E-state index is 8.62. The summed E-state index contributed by atoms with van der Waals surface area (Å²) in [7, 11) is 0. The van der Waals surface area contributed by atoms with Crippen molar-refractivity contribution in [2.24, 2.45) is 5.92 Å². The Kier molecular flexibility index (Phi) is 9.79. The Morgan fingerprint density at radius 3 is 2.00 bits per heavy atom. The quantitative estimate of drug-likeness (QED) is 0.571. The van der Waals surface area contributed by atoms with Gasteiger partial charge in [-0.2, -0.15) is 0 Å². The molecule has 0 aliphatic carbocycles. The molecular weight excluding hydrogens is 214 g/mol. The predicted octanol–water partition coefficient (Wildman–Crippen LogP) is 3.84. The lowest BCUT2D eigenvalue weighted by Crippen LogP contribution is -2.33. The number of rotatable bonds is 5. The van der Waals surface area contributed by atoms with Crippen LogP contribution < -0.4 is 5.32 Å². The van der Waals surface area contributed by atoms with Gasteiger partial charge in [-0.05, 0) is 52.1 Å². The molecule has 0 aromatic rings. The molecule has 1 unspecified atom stereocenters. The van der Waals surface area contributed by atoms with Crippen molar-refractivity contribution in [1.82, 2.24) is 5.32 Å². The fourth-order valence-electron chi connectivity index (χ4n) is 2.27. The van der Waals surface area contributed by atoms with Gasteiger partial charge in [-0.3, -0.25) is 5.26 Å². The highest BCUT2D eigenvalue weighted by Crippen LogP contribution is 2.27. The van der Waals surface area contributed by atoms with Crippen LogP contribution >= 0.6 is 0 Å². The molecule has 0 amide bonds. The Labute approximate surface area is 107 Å². The van der Waals surface area contributed by atoms with Crippen molar-refractivity contribution in [2.75, 3.05) is 13.1 Å². The predicted molar refractivity (Wildman–Crippen MR) is 73.2 cm³/mol. The largest absolute Gasteiger partial charge is 0.317 e. The summed E-state index contributed by atoms with van der Waals surface area (Å²) >= 11 is 0. The smallest absolute Gasteiger partial charge is 0.100 e. The molecule has 0 saturated carbocycles. The van der Waals surface area contributed by atoms with Gasteiger partial charge in [0.15, 0.2) is 0 Å². The average Bonchev–Trinajstić information content (AvgIpc) is 2.38. The van der Waals surface area contributed by atoms with Gasteiger partial charge in [-0.25, -0.2) is 4.89 Å². The van der Waals surface area contributed by atoms with E-state index in [1.54, 1.807) is 0 Å². The van der Waals surface area contributed by atoms with Crippen LogP contribution in [0.2, 0.25) is 0 Å². The van der Waals surface area contributed by atoms with E-state index < -0.39 is 0 Å². The molecule has 1 rings (SSSR count). The first-order chi connectivity index (χ1) is 8.08. The van der Waals surface area contributed by atoms with E-state index in [-0.39, 0.29) is 5.60 Å². The summed E-state index contributed by atoms with van der Waals surface area (Å²) in [6.07, 6.45) is 7.53. The van der Waals surface area contributed by atoms with Crippen molar-refractivity contribution in [2.45, 2.75) is 71.8 Å². The number of nitrogens with one attached hydrogen (secondary N) is 1. The first-order valence-corrected chi connectivity index (χ1v) is 7.11. The van der Waals surface area contributed by atoms with Gasteiger partial charge >= 0.3 is 0 Å². The van der Waals surface area contributed by atoms with Crippen LogP contribution in [0.5, 0.6) is 0 Å². The molecule has 1 aliphatic heterocycles. The highest BCUT2D eigenvalue weighted by Gasteiger charge is 2.28. The minimum atomic E-state index is -0.384. The van der Waals surface area contributed by atoms with Crippen molar-refractivity contribution in [3.63, 3.8) is 0 Å². The third-order valence-corrected chi connectivity index (χ3v) is 3.56. The summed E-state index contributed by atoms with van der Waals surface area (Å²) in [6.45, 7) is 10.6. The molecule has 3 heteroatoms. The first kappa shape index (κ1) is 16.9. The molecule has 2 N–H and O–H groups in total. The fourth-order valence-corrected chi connectivity index (χ4v) is 2.27. The molecule has 0 radical (unpaired) electrons. The lowest BCUT2D eigenvalue weighted by atomic mass is 9.85. The van der Waals surface area contributed by atoms with Gasteiger partial charge in [-0.1, -0.05) is 33.1 Å². The van der Waals surface area contributed by atoms with Crippen molar-refractivity contribution in [3.8, 4) is 0 Å². The van der Waals surface area contributed by atoms with Crippen LogP contribution in [0.1, 0.15) is 66.2 Å². The van der Waals surface area contributed by atoms with Crippen LogP contribution in [0.25, 0.3) is 0 Å². The molecule has 1 saturated heterocycles. The zero-order valence-corrected chi connectivity index (χ0v) is 12.1. The number of hydrogen-bond acceptors (Lipinski definition) is 3. The van der Waals surface area contributed by atoms with Gasteiger partial charge in [0, 0.05) is 0 Å². The molecule has 1 heterocycles. The molecule has 1 atom stereocenters. The molecule has 0 bridgehead atoms. The minimum Gasteiger partial charge on any atom is -0.317 e. The van der Waals surface area contributed by atoms with Crippen molar-refractivity contribution in [1.29, 1.82) is 0 Å². The van der Waals surface area contributed by atoms with Gasteiger partial charge in [0.25, 0.3) is 0 Å². The van der Waals surface area contributed by atoms with E-state index in [1.165, 1.54) is 32.4 Å². The summed E-state index contributed by atoms with van der Waals surface area (Å²) in [6, 6.07) is 0. The number of piperidine rings is 1. The zero-order valence-electron chi connectivity index (χ0n) is 12.1. The second-order valence-electron chi connectivity index (χ2n) is 5.40. The zero-order chi connectivity index (χ0) is 13.1. The second-order valence-corrected chi connectivity index (χ2v) is 5.40. The molecule has 3 nitrogen and oxygen atoms in total. The standard InChI is InChI=1S/C9H20O2.C5H11N/c1-5-7-8(6-2)9(3,4)11-10;1-2-4-6-5-3-1/h8,10H,5-7H2,1-4H3;6H,1-5H2. The number of hydrogen-bond donors (Lipinski definition) is 2. The molecule has 0 aromatic heterocycles. The van der Waals surface area contributed by atoms with Crippen LogP contribution in [-0.4, -0.2) is 23.9 Å². The monoisotopic (exact) mass is 245 g/mol. The highest BCUT2D eigenvalue weighted by atomic mass is 17.1. The van der Waals surface area contributed by atoms with E-state index in [4.69, 9.17) is 5.26 Å². The average molecular weight is 245 g/mol. The maximum atomic E-state index is 8.62. The van der Waals surface area contributed by atoms with Crippen molar-refractivity contribution < 1.29 is 10.1 Å². The van der Waals surface area contributed by atoms with E-state index in [2.05, 4.69) is 24.1 Å². The van der Waals surface area contributed by atoms with Crippen molar-refractivity contribution >= 4 is 0 Å². The van der Waals surface area contributed by atoms with Gasteiger partial charge in [0.05, 0.1) is 0 Å². The summed E-state index contributed by atoms with van der Waals surface area (Å²) in [4.78, 5) is 4.44. The SMILES string of the molecule is C1CCNCC1.CCCC(CC)C(C)(C)OO. The van der Waals surface area contributed by atoms with Gasteiger partial charge < -0.3 is 5.32 Å². The summed E-state index contributed by atoms with van der Waals surface area (Å²) < 4.78 is 0. The van der Waals surface area contributed by atoms with Crippen molar-refractivity contribution in [3.05, 3.63) is 0 Å². The molecule has 104 valence electrons. The fraction of sp³-hybridized carbons (Fsp3) is 1.00. The Morgan fingerprint density at radius 2 is 1.76 bits per heavy atom. The topological polar surface area (TPSA) is 41.5 Å². The molecule has 1 aliphatic rings. The minimum absolute atomic E-state index is 0.384. The van der Waals surface area contributed by atoms with E-state index in [0.717, 1.165) is 19.3 Å². The van der Waals surface area contributed by atoms with Crippen LogP contribution in [0.3, 0.4) is 0 Å². The van der Waals surface area contributed by atoms with E-state index in [0.29, 0.717) is 5.92 Å². The highest BCUT2D eigenvalue weighted by molar-refractivity contribution is 4.76. The molecular formula is C14H31NO2. The Bertz CT molecular complexity index is 156. The lowest BCUT2D eigenvalue weighted by molar-refractivity contribution is -0.327. The van der Waals surface area contributed by atoms with E-state index >= 15 is 0 Å². The maximum Gasteiger partial charge on any atom is 0.100 e. The molecule has 0 spiro atoms. The van der Waals surface area contributed by atoms with Crippen LogP contribution in [0.4, 0.5) is 0 Å². The summed E-state index contributed by atoms with van der Waals surface area (Å²) in [5, 5.41) is 11.9. The molecule has 0 aromatic carbocycles. The lowest BCUT2D eigenvalue weighted by Gasteiger charge is -2.30. The van der Waals surface area contributed by atoms with E-state index in [1.807, 2.05) is 13.8 Å². The molecule has 17 heavy (non-hydrogen) atoms. The van der Waals surface area contributed by atoms with Gasteiger partial charge in [0.1, 0.15) is 5.60 Å². The van der Waals surface area contributed by atoms with Gasteiger partial charge in [0.2, 0.25) is 0 Å². The third-order valence-electron chi connectivity index (χ3n) is 3.56. The van der Waals surface area contributed by atoms with Crippen LogP contribution in [0.15, 0.2) is 0 Å². The normalized spacial score (nSPS) is 18.2. The Balaban J connectivity index is 0.000000354. The molecule has 1 fully saturated rings. The van der Waals surface area contributed by atoms with Crippen LogP contribution in [-0.2, 0) is 4.89 Å². The second kappa shape index (κ2) is 9.86. The van der Waals surface area contributed by atoms with E-state index in [9.17, 15) is 0 Å². The van der Waals surface area contributed by atoms with Gasteiger partial charge in [-0.15, -0.1) is 0 Å². The first-order valence-electron chi connectivity index (χ1n) is 7.11. The third kappa shape index (κ3) is 7.74. The summed E-state index contributed by atoms with van der Waals surface area (Å²) in [5.74, 6) is 0.456.